The van der Waals surface area contributed by atoms with Crippen molar-refractivity contribution in [2.45, 2.75) is 6.54 Å². The Morgan fingerprint density at radius 3 is 2.85 bits per heavy atom. The monoisotopic (exact) mass is 328 g/mol. The van der Waals surface area contributed by atoms with Gasteiger partial charge in [-0.05, 0) is 33.6 Å². The summed E-state index contributed by atoms with van der Waals surface area (Å²) in [5.41, 5.74) is 8.45. The summed E-state index contributed by atoms with van der Waals surface area (Å²) in [5.74, 6) is 0.770. The van der Waals surface area contributed by atoms with Crippen molar-refractivity contribution in [2.75, 3.05) is 11.1 Å². The lowest BCUT2D eigenvalue weighted by molar-refractivity contribution is 1.11. The fraction of sp³-hybridized carbons (Fsp3) is 0.0667. The highest BCUT2D eigenvalue weighted by Gasteiger charge is 2.04. The molecular formula is C15H13BrN4. The Kier molecular flexibility index (Phi) is 3.52. The van der Waals surface area contributed by atoms with Gasteiger partial charge in [0.15, 0.2) is 0 Å². The van der Waals surface area contributed by atoms with Crippen LogP contribution in [0, 0.1) is 0 Å². The van der Waals surface area contributed by atoms with Crippen molar-refractivity contribution in [3.8, 4) is 0 Å². The van der Waals surface area contributed by atoms with Gasteiger partial charge in [-0.25, -0.2) is 4.98 Å². The number of halogens is 1. The third kappa shape index (κ3) is 2.58. The first-order chi connectivity index (χ1) is 9.74. The predicted octanol–water partition coefficient (Wildman–Crippen LogP) is 3.59. The number of fused-ring (bicyclic) bond motifs is 1. The Morgan fingerprint density at radius 2 is 2.00 bits per heavy atom. The first-order valence-electron chi connectivity index (χ1n) is 6.21. The van der Waals surface area contributed by atoms with Gasteiger partial charge in [-0.2, -0.15) is 0 Å². The normalized spacial score (nSPS) is 10.7. The van der Waals surface area contributed by atoms with Gasteiger partial charge >= 0.3 is 0 Å². The number of hydrogen-bond donors (Lipinski definition) is 2. The minimum Gasteiger partial charge on any atom is -0.397 e. The van der Waals surface area contributed by atoms with E-state index >= 15 is 0 Å². The summed E-state index contributed by atoms with van der Waals surface area (Å²) in [6.45, 7) is 0.657. The lowest BCUT2D eigenvalue weighted by Crippen LogP contribution is -2.03. The van der Waals surface area contributed by atoms with E-state index in [0.29, 0.717) is 12.2 Å². The number of aromatic nitrogens is 2. The van der Waals surface area contributed by atoms with Crippen LogP contribution in [0.15, 0.2) is 53.3 Å². The summed E-state index contributed by atoms with van der Waals surface area (Å²) in [6, 6.07) is 12.0. The third-order valence-corrected chi connectivity index (χ3v) is 3.63. The molecule has 0 spiro atoms. The van der Waals surface area contributed by atoms with Crippen LogP contribution in [0.2, 0.25) is 0 Å². The van der Waals surface area contributed by atoms with Gasteiger partial charge in [0.1, 0.15) is 5.82 Å². The predicted molar refractivity (Wildman–Crippen MR) is 85.4 cm³/mol. The minimum atomic E-state index is 0.634. The second-order valence-electron chi connectivity index (χ2n) is 4.44. The molecule has 3 aromatic rings. The van der Waals surface area contributed by atoms with Gasteiger partial charge in [-0.3, -0.25) is 4.98 Å². The molecule has 0 saturated carbocycles. The zero-order valence-corrected chi connectivity index (χ0v) is 12.3. The van der Waals surface area contributed by atoms with E-state index < -0.39 is 0 Å². The van der Waals surface area contributed by atoms with Crippen LogP contribution in [-0.2, 0) is 6.54 Å². The van der Waals surface area contributed by atoms with E-state index in [4.69, 9.17) is 5.73 Å². The van der Waals surface area contributed by atoms with Crippen molar-refractivity contribution >= 4 is 38.3 Å². The molecule has 5 heteroatoms. The molecular weight excluding hydrogens is 316 g/mol. The number of para-hydroxylation sites is 1. The molecule has 2 aromatic heterocycles. The lowest BCUT2D eigenvalue weighted by Gasteiger charge is -2.09. The van der Waals surface area contributed by atoms with Crippen molar-refractivity contribution in [1.29, 1.82) is 0 Å². The molecule has 3 rings (SSSR count). The lowest BCUT2D eigenvalue weighted by atomic mass is 10.1. The molecule has 0 fully saturated rings. The summed E-state index contributed by atoms with van der Waals surface area (Å²) in [7, 11) is 0. The summed E-state index contributed by atoms with van der Waals surface area (Å²) in [5, 5.41) is 4.43. The van der Waals surface area contributed by atoms with Crippen LogP contribution in [-0.4, -0.2) is 9.97 Å². The fourth-order valence-electron chi connectivity index (χ4n) is 2.07. The van der Waals surface area contributed by atoms with Gasteiger partial charge in [-0.1, -0.05) is 24.3 Å². The Labute approximate surface area is 125 Å². The third-order valence-electron chi connectivity index (χ3n) is 3.02. The van der Waals surface area contributed by atoms with Crippen molar-refractivity contribution in [2.24, 2.45) is 0 Å². The first-order valence-corrected chi connectivity index (χ1v) is 7.01. The van der Waals surface area contributed by atoms with Crippen molar-refractivity contribution in [1.82, 2.24) is 9.97 Å². The highest BCUT2D eigenvalue weighted by molar-refractivity contribution is 9.10. The molecule has 1 aromatic carbocycles. The molecule has 0 aliphatic heterocycles. The molecule has 0 radical (unpaired) electrons. The van der Waals surface area contributed by atoms with E-state index in [1.165, 1.54) is 0 Å². The van der Waals surface area contributed by atoms with Crippen LogP contribution in [0.3, 0.4) is 0 Å². The number of pyridine rings is 2. The quantitative estimate of drug-likeness (QED) is 0.771. The maximum Gasteiger partial charge on any atom is 0.140 e. The standard InChI is InChI=1S/C15H13BrN4/c16-13-7-12(17)9-20-15(13)19-8-11-4-1-3-10-5-2-6-18-14(10)11/h1-7,9H,8,17H2,(H,19,20). The fourth-order valence-corrected chi connectivity index (χ4v) is 2.58. The van der Waals surface area contributed by atoms with E-state index in [-0.39, 0.29) is 0 Å². The summed E-state index contributed by atoms with van der Waals surface area (Å²) < 4.78 is 0.852. The van der Waals surface area contributed by atoms with Gasteiger partial charge in [-0.15, -0.1) is 0 Å². The zero-order valence-electron chi connectivity index (χ0n) is 10.7. The smallest absolute Gasteiger partial charge is 0.140 e. The number of nitrogens with two attached hydrogens (primary N) is 1. The number of benzene rings is 1. The SMILES string of the molecule is Nc1cnc(NCc2cccc3cccnc23)c(Br)c1. The van der Waals surface area contributed by atoms with Gasteiger partial charge < -0.3 is 11.1 Å². The van der Waals surface area contributed by atoms with E-state index in [2.05, 4.69) is 49.4 Å². The van der Waals surface area contributed by atoms with E-state index in [9.17, 15) is 0 Å². The second-order valence-corrected chi connectivity index (χ2v) is 5.30. The second kappa shape index (κ2) is 5.46. The molecule has 0 saturated heterocycles. The van der Waals surface area contributed by atoms with E-state index in [1.54, 1.807) is 6.20 Å². The molecule has 2 heterocycles. The van der Waals surface area contributed by atoms with Crippen LogP contribution < -0.4 is 11.1 Å². The number of nitrogen functional groups attached to an aromatic ring is 1. The minimum absolute atomic E-state index is 0.634. The summed E-state index contributed by atoms with van der Waals surface area (Å²) >= 11 is 3.45. The molecule has 100 valence electrons. The van der Waals surface area contributed by atoms with E-state index in [0.717, 1.165) is 26.8 Å². The Morgan fingerprint density at radius 1 is 1.15 bits per heavy atom. The average molecular weight is 329 g/mol. The highest BCUT2D eigenvalue weighted by atomic mass is 79.9. The number of hydrogen-bond acceptors (Lipinski definition) is 4. The molecule has 0 bridgehead atoms. The molecule has 0 aliphatic carbocycles. The number of nitrogens with one attached hydrogen (secondary N) is 1. The Hall–Kier alpha value is -2.14. The molecule has 4 nitrogen and oxygen atoms in total. The molecule has 0 unspecified atom stereocenters. The van der Waals surface area contributed by atoms with Crippen molar-refractivity contribution in [3.63, 3.8) is 0 Å². The van der Waals surface area contributed by atoms with Crippen LogP contribution in [0.1, 0.15) is 5.56 Å². The first kappa shape index (κ1) is 12.9. The van der Waals surface area contributed by atoms with Gasteiger partial charge in [0, 0.05) is 18.1 Å². The van der Waals surface area contributed by atoms with Gasteiger partial charge in [0.25, 0.3) is 0 Å². The topological polar surface area (TPSA) is 63.8 Å². The van der Waals surface area contributed by atoms with Crippen molar-refractivity contribution in [3.05, 3.63) is 58.8 Å². The maximum absolute atomic E-state index is 5.68. The Bertz CT molecular complexity index is 752. The van der Waals surface area contributed by atoms with E-state index in [1.807, 2.05) is 24.4 Å². The van der Waals surface area contributed by atoms with Crippen LogP contribution >= 0.6 is 15.9 Å². The largest absolute Gasteiger partial charge is 0.397 e. The van der Waals surface area contributed by atoms with Crippen LogP contribution in [0.5, 0.6) is 0 Å². The summed E-state index contributed by atoms with van der Waals surface area (Å²) in [6.07, 6.45) is 3.44. The number of nitrogens with zero attached hydrogens (tertiary/aromatic N) is 2. The van der Waals surface area contributed by atoms with Crippen LogP contribution in [0.4, 0.5) is 11.5 Å². The number of anilines is 2. The van der Waals surface area contributed by atoms with Crippen molar-refractivity contribution < 1.29 is 0 Å². The average Bonchev–Trinajstić information content (AvgIpc) is 2.46. The van der Waals surface area contributed by atoms with Gasteiger partial charge in [0.05, 0.1) is 21.9 Å². The molecule has 0 aliphatic rings. The number of rotatable bonds is 3. The maximum atomic E-state index is 5.68. The summed E-state index contributed by atoms with van der Waals surface area (Å²) in [4.78, 5) is 8.71. The van der Waals surface area contributed by atoms with Crippen LogP contribution in [0.25, 0.3) is 10.9 Å². The molecule has 3 N–H and O–H groups in total. The molecule has 0 atom stereocenters. The zero-order chi connectivity index (χ0) is 13.9. The Balaban J connectivity index is 1.87. The highest BCUT2D eigenvalue weighted by Crippen LogP contribution is 2.23. The molecule has 0 amide bonds. The molecule has 20 heavy (non-hydrogen) atoms. The van der Waals surface area contributed by atoms with Gasteiger partial charge in [0.2, 0.25) is 0 Å².